The normalized spacial score (nSPS) is 12.3. The van der Waals surface area contributed by atoms with E-state index in [2.05, 4.69) is 5.32 Å². The van der Waals surface area contributed by atoms with Gasteiger partial charge < -0.3 is 15.5 Å². The molecule has 1 atom stereocenters. The molecule has 0 fully saturated rings. The molecule has 5 nitrogen and oxygen atoms in total. The molecule has 1 rings (SSSR count). The SMILES string of the molecule is Cc1ccc(C)c(C(=O)NC(CO)C(C)C)c1C(=O)O. The average Bonchev–Trinajstić information content (AvgIpc) is 2.37. The van der Waals surface area contributed by atoms with E-state index in [4.69, 9.17) is 0 Å². The van der Waals surface area contributed by atoms with Crippen LogP contribution in [0, 0.1) is 19.8 Å². The Bertz CT molecular complexity index is 523. The molecule has 0 aliphatic heterocycles. The van der Waals surface area contributed by atoms with E-state index in [-0.39, 0.29) is 23.7 Å². The van der Waals surface area contributed by atoms with Crippen molar-refractivity contribution >= 4 is 11.9 Å². The summed E-state index contributed by atoms with van der Waals surface area (Å²) in [5.41, 5.74) is 1.32. The predicted octanol–water partition coefficient (Wildman–Crippen LogP) is 1.75. The first-order valence-electron chi connectivity index (χ1n) is 6.54. The molecule has 1 aromatic carbocycles. The minimum atomic E-state index is -1.12. The minimum absolute atomic E-state index is 0.0166. The smallest absolute Gasteiger partial charge is 0.336 e. The summed E-state index contributed by atoms with van der Waals surface area (Å²) in [4.78, 5) is 23.7. The zero-order chi connectivity index (χ0) is 15.4. The van der Waals surface area contributed by atoms with Crippen LogP contribution in [-0.2, 0) is 0 Å². The maximum atomic E-state index is 12.3. The molecule has 0 heterocycles. The van der Waals surface area contributed by atoms with Crippen LogP contribution in [-0.4, -0.2) is 34.7 Å². The number of hydrogen-bond donors (Lipinski definition) is 3. The second-order valence-electron chi connectivity index (χ2n) is 5.26. The van der Waals surface area contributed by atoms with Gasteiger partial charge in [0.15, 0.2) is 0 Å². The van der Waals surface area contributed by atoms with Crippen molar-refractivity contribution < 1.29 is 19.8 Å². The van der Waals surface area contributed by atoms with Crippen molar-refractivity contribution in [1.29, 1.82) is 0 Å². The van der Waals surface area contributed by atoms with Gasteiger partial charge in [-0.3, -0.25) is 4.79 Å². The van der Waals surface area contributed by atoms with Gasteiger partial charge in [0.25, 0.3) is 5.91 Å². The van der Waals surface area contributed by atoms with Crippen molar-refractivity contribution in [3.05, 3.63) is 34.4 Å². The highest BCUT2D eigenvalue weighted by Crippen LogP contribution is 2.19. The van der Waals surface area contributed by atoms with Crippen LogP contribution in [0.3, 0.4) is 0 Å². The third-order valence-corrected chi connectivity index (χ3v) is 3.38. The summed E-state index contributed by atoms with van der Waals surface area (Å²) >= 11 is 0. The molecule has 0 bridgehead atoms. The zero-order valence-corrected chi connectivity index (χ0v) is 12.2. The second-order valence-corrected chi connectivity index (χ2v) is 5.26. The molecule has 1 aromatic rings. The van der Waals surface area contributed by atoms with Crippen LogP contribution >= 0.6 is 0 Å². The summed E-state index contributed by atoms with van der Waals surface area (Å²) in [6.45, 7) is 6.93. The molecule has 1 amide bonds. The quantitative estimate of drug-likeness (QED) is 0.766. The van der Waals surface area contributed by atoms with Gasteiger partial charge in [-0.1, -0.05) is 26.0 Å². The van der Waals surface area contributed by atoms with Crippen molar-refractivity contribution in [3.63, 3.8) is 0 Å². The number of carbonyl (C=O) groups is 2. The summed E-state index contributed by atoms with van der Waals surface area (Å²) < 4.78 is 0. The molecular weight excluding hydrogens is 258 g/mol. The number of nitrogens with one attached hydrogen (secondary N) is 1. The number of carboxylic acid groups (broad SMARTS) is 1. The molecule has 0 saturated carbocycles. The van der Waals surface area contributed by atoms with E-state index in [1.807, 2.05) is 13.8 Å². The van der Waals surface area contributed by atoms with Crippen LogP contribution in [0.15, 0.2) is 12.1 Å². The molecule has 0 saturated heterocycles. The van der Waals surface area contributed by atoms with E-state index in [0.717, 1.165) is 0 Å². The molecule has 0 spiro atoms. The number of aliphatic hydroxyl groups excluding tert-OH is 1. The Morgan fingerprint density at radius 3 is 2.05 bits per heavy atom. The molecule has 0 aliphatic rings. The summed E-state index contributed by atoms with van der Waals surface area (Å²) in [5, 5.41) is 21.2. The van der Waals surface area contributed by atoms with Crippen molar-refractivity contribution in [2.45, 2.75) is 33.7 Å². The summed E-state index contributed by atoms with van der Waals surface area (Å²) in [7, 11) is 0. The molecule has 5 heteroatoms. The zero-order valence-electron chi connectivity index (χ0n) is 12.2. The van der Waals surface area contributed by atoms with Gasteiger partial charge in [-0.2, -0.15) is 0 Å². The lowest BCUT2D eigenvalue weighted by Crippen LogP contribution is -2.42. The van der Waals surface area contributed by atoms with Gasteiger partial charge in [0, 0.05) is 0 Å². The van der Waals surface area contributed by atoms with Crippen LogP contribution in [0.5, 0.6) is 0 Å². The molecule has 20 heavy (non-hydrogen) atoms. The van der Waals surface area contributed by atoms with Crippen LogP contribution in [0.2, 0.25) is 0 Å². The fourth-order valence-corrected chi connectivity index (χ4v) is 2.04. The Hall–Kier alpha value is -1.88. The molecule has 1 unspecified atom stereocenters. The van der Waals surface area contributed by atoms with Gasteiger partial charge in [-0.15, -0.1) is 0 Å². The highest BCUT2D eigenvalue weighted by atomic mass is 16.4. The van der Waals surface area contributed by atoms with Crippen LogP contribution < -0.4 is 5.32 Å². The third-order valence-electron chi connectivity index (χ3n) is 3.38. The van der Waals surface area contributed by atoms with Gasteiger partial charge in [0.2, 0.25) is 0 Å². The Balaban J connectivity index is 3.22. The summed E-state index contributed by atoms with van der Waals surface area (Å²) in [6.07, 6.45) is 0. The van der Waals surface area contributed by atoms with Crippen molar-refractivity contribution in [3.8, 4) is 0 Å². The van der Waals surface area contributed by atoms with Gasteiger partial charge in [0.1, 0.15) is 0 Å². The number of carboxylic acids is 1. The highest BCUT2D eigenvalue weighted by Gasteiger charge is 2.24. The van der Waals surface area contributed by atoms with Crippen molar-refractivity contribution in [2.75, 3.05) is 6.61 Å². The number of carbonyl (C=O) groups excluding carboxylic acids is 1. The molecule has 0 aromatic heterocycles. The molecule has 0 aliphatic carbocycles. The maximum absolute atomic E-state index is 12.3. The number of aromatic carboxylic acids is 1. The fraction of sp³-hybridized carbons (Fsp3) is 0.467. The Morgan fingerprint density at radius 2 is 1.65 bits per heavy atom. The van der Waals surface area contributed by atoms with Gasteiger partial charge in [-0.25, -0.2) is 4.79 Å². The van der Waals surface area contributed by atoms with E-state index in [0.29, 0.717) is 11.1 Å². The van der Waals surface area contributed by atoms with E-state index in [1.54, 1.807) is 26.0 Å². The highest BCUT2D eigenvalue weighted by molar-refractivity contribution is 6.06. The first-order valence-corrected chi connectivity index (χ1v) is 6.54. The first kappa shape index (κ1) is 16.2. The van der Waals surface area contributed by atoms with Crippen LogP contribution in [0.1, 0.15) is 45.7 Å². The Morgan fingerprint density at radius 1 is 1.15 bits per heavy atom. The van der Waals surface area contributed by atoms with Crippen LogP contribution in [0.25, 0.3) is 0 Å². The lowest BCUT2D eigenvalue weighted by molar-refractivity contribution is 0.0688. The average molecular weight is 279 g/mol. The standard InChI is InChI=1S/C15H21NO4/c1-8(2)11(7-17)16-14(18)12-9(3)5-6-10(4)13(12)15(19)20/h5-6,8,11,17H,7H2,1-4H3,(H,16,18)(H,19,20). The lowest BCUT2D eigenvalue weighted by Gasteiger charge is -2.21. The Labute approximate surface area is 118 Å². The lowest BCUT2D eigenvalue weighted by atomic mass is 9.95. The predicted molar refractivity (Wildman–Crippen MR) is 76.1 cm³/mol. The molecule has 0 radical (unpaired) electrons. The van der Waals surface area contributed by atoms with Gasteiger partial charge in [0.05, 0.1) is 23.8 Å². The minimum Gasteiger partial charge on any atom is -0.478 e. The van der Waals surface area contributed by atoms with Crippen LogP contribution in [0.4, 0.5) is 0 Å². The molecule has 3 N–H and O–H groups in total. The summed E-state index contributed by atoms with van der Waals surface area (Å²) in [5.74, 6) is -1.53. The first-order chi connectivity index (χ1) is 9.29. The fourth-order valence-electron chi connectivity index (χ4n) is 2.04. The maximum Gasteiger partial charge on any atom is 0.336 e. The number of amides is 1. The van der Waals surface area contributed by atoms with Gasteiger partial charge >= 0.3 is 5.97 Å². The Kier molecular flexibility index (Phi) is 5.27. The number of aryl methyl sites for hydroxylation is 2. The van der Waals surface area contributed by atoms with Gasteiger partial charge in [-0.05, 0) is 30.9 Å². The van der Waals surface area contributed by atoms with E-state index >= 15 is 0 Å². The third kappa shape index (κ3) is 3.36. The molecule has 110 valence electrons. The van der Waals surface area contributed by atoms with E-state index in [1.165, 1.54) is 0 Å². The van der Waals surface area contributed by atoms with E-state index < -0.39 is 17.9 Å². The topological polar surface area (TPSA) is 86.6 Å². The second kappa shape index (κ2) is 6.52. The van der Waals surface area contributed by atoms with Crippen molar-refractivity contribution in [2.24, 2.45) is 5.92 Å². The number of hydrogen-bond acceptors (Lipinski definition) is 3. The number of benzene rings is 1. The van der Waals surface area contributed by atoms with E-state index in [9.17, 15) is 19.8 Å². The largest absolute Gasteiger partial charge is 0.478 e. The van der Waals surface area contributed by atoms with Crippen molar-refractivity contribution in [1.82, 2.24) is 5.32 Å². The summed E-state index contributed by atoms with van der Waals surface area (Å²) in [6, 6.07) is 3.01. The monoisotopic (exact) mass is 279 g/mol. The number of aliphatic hydroxyl groups is 1. The number of rotatable bonds is 5. The molecular formula is C15H21NO4.